The van der Waals surface area contributed by atoms with Gasteiger partial charge in [-0.15, -0.1) is 0 Å². The van der Waals surface area contributed by atoms with Crippen LogP contribution in [-0.2, 0) is 0 Å². The topological polar surface area (TPSA) is 81.0 Å². The van der Waals surface area contributed by atoms with E-state index in [0.29, 0.717) is 0 Å². The quantitative estimate of drug-likeness (QED) is 0.521. The minimum Gasteiger partial charge on any atom is -0.361 e. The van der Waals surface area contributed by atoms with Crippen LogP contribution in [0.25, 0.3) is 0 Å². The monoisotopic (exact) mass is 284 g/mol. The van der Waals surface area contributed by atoms with Crippen LogP contribution in [0.4, 0.5) is 11.5 Å². The lowest BCUT2D eigenvalue weighted by molar-refractivity contribution is -0.384. The fraction of sp³-hybridized carbons (Fsp3) is 0.667. The van der Waals surface area contributed by atoms with Crippen LogP contribution < -0.4 is 5.32 Å². The molecule has 2 rings (SSSR count). The van der Waals surface area contributed by atoms with Crippen molar-refractivity contribution in [2.45, 2.75) is 51.0 Å². The smallest absolute Gasteiger partial charge is 0.329 e. The SMILES string of the molecule is O=[N+]([O-])c1cnc(Cl)nc1NC1CCCCCCC1. The van der Waals surface area contributed by atoms with Crippen molar-refractivity contribution in [2.24, 2.45) is 0 Å². The molecule has 0 saturated heterocycles. The van der Waals surface area contributed by atoms with E-state index in [1.54, 1.807) is 0 Å². The molecule has 0 amide bonds. The number of halogens is 1. The summed E-state index contributed by atoms with van der Waals surface area (Å²) in [6, 6.07) is 0.227. The molecular formula is C12H17ClN4O2. The lowest BCUT2D eigenvalue weighted by Gasteiger charge is -2.21. The zero-order chi connectivity index (χ0) is 13.7. The number of aromatic nitrogens is 2. The van der Waals surface area contributed by atoms with Crippen LogP contribution in [0.1, 0.15) is 44.9 Å². The fourth-order valence-corrected chi connectivity index (χ4v) is 2.52. The van der Waals surface area contributed by atoms with E-state index in [9.17, 15) is 10.1 Å². The molecule has 104 valence electrons. The summed E-state index contributed by atoms with van der Waals surface area (Å²) in [5, 5.41) is 14.1. The second-order valence-corrected chi connectivity index (χ2v) is 5.15. The minimum atomic E-state index is -0.485. The molecule has 1 aliphatic rings. The third-order valence-corrected chi connectivity index (χ3v) is 3.56. The molecule has 1 saturated carbocycles. The Kier molecular flexibility index (Phi) is 4.90. The maximum Gasteiger partial charge on any atom is 0.329 e. The summed E-state index contributed by atoms with van der Waals surface area (Å²) in [4.78, 5) is 18.1. The predicted molar refractivity (Wildman–Crippen MR) is 73.4 cm³/mol. The summed E-state index contributed by atoms with van der Waals surface area (Å²) in [5.41, 5.74) is -0.119. The summed E-state index contributed by atoms with van der Waals surface area (Å²) < 4.78 is 0. The van der Waals surface area contributed by atoms with Crippen molar-refractivity contribution in [3.05, 3.63) is 21.6 Å². The Morgan fingerprint density at radius 2 is 1.89 bits per heavy atom. The first kappa shape index (κ1) is 14.0. The number of nitrogens with one attached hydrogen (secondary N) is 1. The van der Waals surface area contributed by atoms with E-state index in [0.717, 1.165) is 31.9 Å². The largest absolute Gasteiger partial charge is 0.361 e. The summed E-state index contributed by atoms with van der Waals surface area (Å²) >= 11 is 5.71. The van der Waals surface area contributed by atoms with Crippen LogP contribution in [-0.4, -0.2) is 20.9 Å². The van der Waals surface area contributed by atoms with Crippen LogP contribution in [0.3, 0.4) is 0 Å². The van der Waals surface area contributed by atoms with Crippen molar-refractivity contribution >= 4 is 23.1 Å². The second kappa shape index (κ2) is 6.65. The molecular weight excluding hydrogens is 268 g/mol. The van der Waals surface area contributed by atoms with Gasteiger partial charge >= 0.3 is 5.69 Å². The van der Waals surface area contributed by atoms with Gasteiger partial charge in [0.25, 0.3) is 0 Å². The molecule has 6 nitrogen and oxygen atoms in total. The van der Waals surface area contributed by atoms with Gasteiger partial charge in [-0.1, -0.05) is 32.1 Å². The van der Waals surface area contributed by atoms with Gasteiger partial charge in [-0.3, -0.25) is 10.1 Å². The predicted octanol–water partition coefficient (Wildman–Crippen LogP) is 3.56. The third kappa shape index (κ3) is 4.02. The van der Waals surface area contributed by atoms with E-state index in [1.807, 2.05) is 0 Å². The Morgan fingerprint density at radius 3 is 2.53 bits per heavy atom. The number of nitro groups is 1. The standard InChI is InChI=1S/C12H17ClN4O2/c13-12-14-8-10(17(18)19)11(16-12)15-9-6-4-2-1-3-5-7-9/h8-9H,1-7H2,(H,14,15,16). The molecule has 0 bridgehead atoms. The van der Waals surface area contributed by atoms with Gasteiger partial charge in [-0.25, -0.2) is 4.98 Å². The molecule has 1 aliphatic carbocycles. The second-order valence-electron chi connectivity index (χ2n) is 4.82. The van der Waals surface area contributed by atoms with Crippen molar-refractivity contribution in [1.29, 1.82) is 0 Å². The van der Waals surface area contributed by atoms with Gasteiger partial charge in [0.05, 0.1) is 4.92 Å². The van der Waals surface area contributed by atoms with Crippen LogP contribution in [0.15, 0.2) is 6.20 Å². The molecule has 1 fully saturated rings. The van der Waals surface area contributed by atoms with Gasteiger partial charge in [-0.2, -0.15) is 4.98 Å². The molecule has 7 heteroatoms. The van der Waals surface area contributed by atoms with Gasteiger partial charge in [0, 0.05) is 6.04 Å². The number of rotatable bonds is 3. The number of hydrogen-bond donors (Lipinski definition) is 1. The first-order chi connectivity index (χ1) is 9.16. The molecule has 0 spiro atoms. The normalized spacial score (nSPS) is 17.5. The summed E-state index contributed by atoms with van der Waals surface area (Å²) in [7, 11) is 0. The van der Waals surface area contributed by atoms with Crippen molar-refractivity contribution in [1.82, 2.24) is 9.97 Å². The number of nitrogens with zero attached hydrogens (tertiary/aromatic N) is 3. The molecule has 1 N–H and O–H groups in total. The molecule has 0 atom stereocenters. The highest BCUT2D eigenvalue weighted by atomic mass is 35.5. The van der Waals surface area contributed by atoms with Crippen molar-refractivity contribution in [2.75, 3.05) is 5.32 Å². The van der Waals surface area contributed by atoms with E-state index in [4.69, 9.17) is 11.6 Å². The molecule has 1 aromatic heterocycles. The molecule has 0 aliphatic heterocycles. The van der Waals surface area contributed by atoms with Crippen LogP contribution in [0, 0.1) is 10.1 Å². The van der Waals surface area contributed by atoms with Crippen molar-refractivity contribution < 1.29 is 4.92 Å². The summed E-state index contributed by atoms with van der Waals surface area (Å²) in [6.07, 6.45) is 9.20. The lowest BCUT2D eigenvalue weighted by atomic mass is 9.97. The Bertz CT molecular complexity index is 447. The van der Waals surface area contributed by atoms with Gasteiger partial charge in [0.2, 0.25) is 11.1 Å². The zero-order valence-corrected chi connectivity index (χ0v) is 11.4. The Balaban J connectivity index is 2.11. The average molecular weight is 285 g/mol. The van der Waals surface area contributed by atoms with E-state index >= 15 is 0 Å². The first-order valence-corrected chi connectivity index (χ1v) is 6.98. The van der Waals surface area contributed by atoms with Crippen LogP contribution in [0.5, 0.6) is 0 Å². The highest BCUT2D eigenvalue weighted by Gasteiger charge is 2.20. The summed E-state index contributed by atoms with van der Waals surface area (Å²) in [6.45, 7) is 0. The van der Waals surface area contributed by atoms with E-state index in [1.165, 1.54) is 19.3 Å². The molecule has 1 aromatic rings. The van der Waals surface area contributed by atoms with E-state index in [2.05, 4.69) is 15.3 Å². The average Bonchev–Trinajstić information content (AvgIpc) is 2.32. The Labute approximate surface area is 116 Å². The minimum absolute atomic E-state index is 0.0268. The highest BCUT2D eigenvalue weighted by molar-refractivity contribution is 6.28. The lowest BCUT2D eigenvalue weighted by Crippen LogP contribution is -2.22. The van der Waals surface area contributed by atoms with E-state index in [-0.39, 0.29) is 22.8 Å². The van der Waals surface area contributed by atoms with Crippen LogP contribution >= 0.6 is 11.6 Å². The Morgan fingerprint density at radius 1 is 1.26 bits per heavy atom. The molecule has 19 heavy (non-hydrogen) atoms. The maximum absolute atomic E-state index is 10.9. The number of hydrogen-bond acceptors (Lipinski definition) is 5. The van der Waals surface area contributed by atoms with Gasteiger partial charge in [0.1, 0.15) is 6.20 Å². The van der Waals surface area contributed by atoms with Gasteiger partial charge in [-0.05, 0) is 24.4 Å². The maximum atomic E-state index is 10.9. The van der Waals surface area contributed by atoms with E-state index < -0.39 is 4.92 Å². The Hall–Kier alpha value is -1.43. The molecule has 0 radical (unpaired) electrons. The highest BCUT2D eigenvalue weighted by Crippen LogP contribution is 2.26. The summed E-state index contributed by atoms with van der Waals surface area (Å²) in [5.74, 6) is 0.232. The molecule has 1 heterocycles. The van der Waals surface area contributed by atoms with Crippen molar-refractivity contribution in [3.8, 4) is 0 Å². The third-order valence-electron chi connectivity index (χ3n) is 3.38. The van der Waals surface area contributed by atoms with Gasteiger partial charge < -0.3 is 5.32 Å². The number of anilines is 1. The first-order valence-electron chi connectivity index (χ1n) is 6.60. The fourth-order valence-electron chi connectivity index (χ4n) is 2.39. The molecule has 0 aromatic carbocycles. The molecule has 0 unspecified atom stereocenters. The zero-order valence-electron chi connectivity index (χ0n) is 10.6. The van der Waals surface area contributed by atoms with Gasteiger partial charge in [0.15, 0.2) is 0 Å². The van der Waals surface area contributed by atoms with Crippen molar-refractivity contribution in [3.63, 3.8) is 0 Å². The van der Waals surface area contributed by atoms with Crippen LogP contribution in [0.2, 0.25) is 5.28 Å².